The maximum absolute atomic E-state index is 14.0. The molecular weight excluding hydrogens is 854 g/mol. The zero-order valence-corrected chi connectivity index (χ0v) is 27.7. The Morgan fingerprint density at radius 3 is 1.15 bits per heavy atom. The Kier molecular flexibility index (Phi) is 12.9. The van der Waals surface area contributed by atoms with Gasteiger partial charge in [0.2, 0.25) is 23.3 Å². The number of azo groups is 1. The zero-order chi connectivity index (χ0) is 33.4. The number of hydrogen-bond donors (Lipinski definition) is 0. The molecule has 0 N–H and O–H groups in total. The molecule has 1 aliphatic carbocycles. The standard InChI is InChI=1S/C20H14F8I2O2.C10H8N4/c21-9-13(25)19(14(26)10(22)17(9)29)31-5-7-3-1-2-4-8(7)6-32-20-15(27)11(23)18(30)12(24)16(20)28;1-5-11-6-2-9(1)13-14-10-3-7-12-8-4-10/h7-8H,1-6H2;1-8H/t7-,8-;/m1./s1. The summed E-state index contributed by atoms with van der Waals surface area (Å²) >= 11 is 2.25. The molecule has 2 aromatic heterocycles. The number of hydrogen-bond acceptors (Lipinski definition) is 6. The van der Waals surface area contributed by atoms with E-state index in [0.717, 1.165) is 56.6 Å². The first-order valence-electron chi connectivity index (χ1n) is 13.5. The number of pyridine rings is 2. The van der Waals surface area contributed by atoms with Gasteiger partial charge in [-0.25, -0.2) is 17.6 Å². The second-order valence-electron chi connectivity index (χ2n) is 9.84. The summed E-state index contributed by atoms with van der Waals surface area (Å²) in [4.78, 5) is 7.78. The Balaban J connectivity index is 0.000000284. The van der Waals surface area contributed by atoms with Crippen LogP contribution in [0.3, 0.4) is 0 Å². The van der Waals surface area contributed by atoms with Crippen molar-refractivity contribution in [1.29, 1.82) is 0 Å². The number of ether oxygens (including phenoxy) is 2. The van der Waals surface area contributed by atoms with E-state index in [0.29, 0.717) is 25.7 Å². The van der Waals surface area contributed by atoms with E-state index in [2.05, 4.69) is 20.2 Å². The van der Waals surface area contributed by atoms with Gasteiger partial charge < -0.3 is 9.47 Å². The molecule has 244 valence electrons. The van der Waals surface area contributed by atoms with Crippen LogP contribution in [0, 0.1) is 65.5 Å². The van der Waals surface area contributed by atoms with E-state index in [-0.39, 0.29) is 13.2 Å². The molecule has 0 aliphatic heterocycles. The first-order chi connectivity index (χ1) is 22.0. The number of aromatic nitrogens is 2. The van der Waals surface area contributed by atoms with Gasteiger partial charge in [-0.3, -0.25) is 9.97 Å². The average Bonchev–Trinajstić information content (AvgIpc) is 3.09. The second kappa shape index (κ2) is 16.6. The van der Waals surface area contributed by atoms with Crippen LogP contribution in [0.25, 0.3) is 0 Å². The van der Waals surface area contributed by atoms with Gasteiger partial charge in [0.15, 0.2) is 34.8 Å². The summed E-state index contributed by atoms with van der Waals surface area (Å²) < 4.78 is 119. The van der Waals surface area contributed by atoms with E-state index in [1.807, 2.05) is 0 Å². The Morgan fingerprint density at radius 2 is 0.848 bits per heavy atom. The minimum atomic E-state index is -1.68. The Hall–Kier alpha value is -3.16. The van der Waals surface area contributed by atoms with Crippen molar-refractivity contribution in [3.63, 3.8) is 0 Å². The minimum Gasteiger partial charge on any atom is -0.487 e. The molecule has 2 atom stereocenters. The van der Waals surface area contributed by atoms with Crippen molar-refractivity contribution in [2.45, 2.75) is 25.7 Å². The number of halogens is 10. The third kappa shape index (κ3) is 8.60. The summed E-state index contributed by atoms with van der Waals surface area (Å²) in [7, 11) is 0. The summed E-state index contributed by atoms with van der Waals surface area (Å²) in [5.74, 6) is -16.4. The molecule has 16 heteroatoms. The zero-order valence-electron chi connectivity index (χ0n) is 23.4. The van der Waals surface area contributed by atoms with Crippen molar-refractivity contribution < 1.29 is 44.6 Å². The molecular formula is C30H22F8I2N4O2. The smallest absolute Gasteiger partial charge is 0.205 e. The molecule has 2 heterocycles. The van der Waals surface area contributed by atoms with Crippen LogP contribution in [-0.4, -0.2) is 23.2 Å². The van der Waals surface area contributed by atoms with Crippen LogP contribution in [0.15, 0.2) is 59.3 Å². The predicted octanol–water partition coefficient (Wildman–Crippen LogP) is 10.2. The number of rotatable bonds is 8. The molecule has 0 amide bonds. The maximum Gasteiger partial charge on any atom is 0.205 e. The molecule has 4 aromatic rings. The highest BCUT2D eigenvalue weighted by Crippen LogP contribution is 2.36. The molecule has 0 bridgehead atoms. The molecule has 0 radical (unpaired) electrons. The molecule has 1 aliphatic rings. The lowest BCUT2D eigenvalue weighted by Gasteiger charge is -2.31. The number of nitrogens with zero attached hydrogens (tertiary/aromatic N) is 4. The van der Waals surface area contributed by atoms with E-state index in [1.54, 1.807) is 49.1 Å². The highest BCUT2D eigenvalue weighted by molar-refractivity contribution is 14.1. The molecule has 0 saturated heterocycles. The Labute approximate surface area is 284 Å². The van der Waals surface area contributed by atoms with Gasteiger partial charge in [-0.05, 0) is 94.1 Å². The highest BCUT2D eigenvalue weighted by atomic mass is 127. The lowest BCUT2D eigenvalue weighted by molar-refractivity contribution is 0.0958. The second-order valence-corrected chi connectivity index (χ2v) is 12.0. The monoisotopic (exact) mass is 876 g/mol. The van der Waals surface area contributed by atoms with Crippen LogP contribution in [0.2, 0.25) is 0 Å². The SMILES string of the molecule is Fc1c(F)c(OC[C@H]2CCCC[C@@H]2COc2c(F)c(F)c(I)c(F)c2F)c(F)c(F)c1I.c1cc(N=Nc2ccncc2)ccn1. The van der Waals surface area contributed by atoms with Gasteiger partial charge in [0.05, 0.1) is 31.7 Å². The van der Waals surface area contributed by atoms with Crippen LogP contribution in [0.4, 0.5) is 46.5 Å². The van der Waals surface area contributed by atoms with E-state index in [9.17, 15) is 35.1 Å². The third-order valence-electron chi connectivity index (χ3n) is 6.90. The van der Waals surface area contributed by atoms with Crippen LogP contribution < -0.4 is 9.47 Å². The fraction of sp³-hybridized carbons (Fsp3) is 0.267. The van der Waals surface area contributed by atoms with Gasteiger partial charge in [0.25, 0.3) is 0 Å². The molecule has 0 unspecified atom stereocenters. The summed E-state index contributed by atoms with van der Waals surface area (Å²) in [6.07, 6.45) is 9.05. The highest BCUT2D eigenvalue weighted by Gasteiger charge is 2.31. The van der Waals surface area contributed by atoms with Crippen molar-refractivity contribution in [2.75, 3.05) is 13.2 Å². The van der Waals surface area contributed by atoms with Crippen molar-refractivity contribution in [2.24, 2.45) is 22.1 Å². The van der Waals surface area contributed by atoms with E-state index < -0.39 is 77.0 Å². The van der Waals surface area contributed by atoms with Crippen LogP contribution in [0.1, 0.15) is 25.7 Å². The Morgan fingerprint density at radius 1 is 0.543 bits per heavy atom. The van der Waals surface area contributed by atoms with Gasteiger partial charge in [-0.15, -0.1) is 0 Å². The summed E-state index contributed by atoms with van der Waals surface area (Å²) in [6.45, 7) is -0.719. The average molecular weight is 876 g/mol. The van der Waals surface area contributed by atoms with E-state index in [1.165, 1.54) is 0 Å². The van der Waals surface area contributed by atoms with Crippen molar-refractivity contribution in [1.82, 2.24) is 9.97 Å². The summed E-state index contributed by atoms with van der Waals surface area (Å²) in [5, 5.41) is 8.07. The summed E-state index contributed by atoms with van der Waals surface area (Å²) in [5.41, 5.74) is 1.58. The molecule has 46 heavy (non-hydrogen) atoms. The topological polar surface area (TPSA) is 69.0 Å². The molecule has 6 nitrogen and oxygen atoms in total. The van der Waals surface area contributed by atoms with Crippen molar-refractivity contribution in [3.05, 3.63) is 103 Å². The van der Waals surface area contributed by atoms with Gasteiger partial charge >= 0.3 is 0 Å². The van der Waals surface area contributed by atoms with Gasteiger partial charge in [-0.1, -0.05) is 12.8 Å². The quantitative estimate of drug-likeness (QED) is 0.0582. The third-order valence-corrected chi connectivity index (χ3v) is 8.79. The largest absolute Gasteiger partial charge is 0.487 e. The van der Waals surface area contributed by atoms with E-state index >= 15 is 0 Å². The predicted molar refractivity (Wildman–Crippen MR) is 167 cm³/mol. The first-order valence-corrected chi connectivity index (χ1v) is 15.7. The Bertz CT molecular complexity index is 1510. The van der Waals surface area contributed by atoms with E-state index in [4.69, 9.17) is 9.47 Å². The summed E-state index contributed by atoms with van der Waals surface area (Å²) in [6, 6.07) is 7.19. The fourth-order valence-electron chi connectivity index (χ4n) is 4.46. The van der Waals surface area contributed by atoms with Crippen LogP contribution in [0.5, 0.6) is 11.5 Å². The molecule has 0 spiro atoms. The minimum absolute atomic E-state index is 0.359. The lowest BCUT2D eigenvalue weighted by atomic mass is 9.80. The lowest BCUT2D eigenvalue weighted by Crippen LogP contribution is -2.30. The maximum atomic E-state index is 14.0. The molecule has 5 rings (SSSR count). The van der Waals surface area contributed by atoms with Gasteiger partial charge in [0, 0.05) is 24.8 Å². The molecule has 1 saturated carbocycles. The molecule has 1 fully saturated rings. The fourth-order valence-corrected chi connectivity index (χ4v) is 5.41. The van der Waals surface area contributed by atoms with Crippen molar-refractivity contribution >= 4 is 56.6 Å². The first kappa shape index (κ1) is 35.7. The number of benzene rings is 2. The van der Waals surface area contributed by atoms with Crippen molar-refractivity contribution in [3.8, 4) is 11.5 Å². The van der Waals surface area contributed by atoms with Crippen LogP contribution in [-0.2, 0) is 0 Å². The normalized spacial score (nSPS) is 16.2. The van der Waals surface area contributed by atoms with Gasteiger partial charge in [-0.2, -0.15) is 27.8 Å². The molecule has 2 aromatic carbocycles. The van der Waals surface area contributed by atoms with Crippen LogP contribution >= 0.6 is 45.2 Å². The van der Waals surface area contributed by atoms with Gasteiger partial charge in [0.1, 0.15) is 0 Å².